The molecule has 0 aliphatic carbocycles. The summed E-state index contributed by atoms with van der Waals surface area (Å²) in [6.07, 6.45) is 1.58. The summed E-state index contributed by atoms with van der Waals surface area (Å²) in [4.78, 5) is 16.5. The Hall–Kier alpha value is -2.72. The van der Waals surface area contributed by atoms with E-state index in [1.54, 1.807) is 24.4 Å². The zero-order valence-electron chi connectivity index (χ0n) is 13.8. The fourth-order valence-corrected chi connectivity index (χ4v) is 2.82. The van der Waals surface area contributed by atoms with E-state index in [1.165, 1.54) is 12.1 Å². The second-order valence-corrected chi connectivity index (χ2v) is 6.21. The van der Waals surface area contributed by atoms with E-state index in [1.807, 2.05) is 32.0 Å². The molecular weight excluding hydrogens is 339 g/mol. The summed E-state index contributed by atoms with van der Waals surface area (Å²) in [5, 5.41) is 3.17. The molecule has 0 spiro atoms. The highest BCUT2D eigenvalue weighted by Crippen LogP contribution is 2.27. The van der Waals surface area contributed by atoms with Crippen LogP contribution in [0.4, 0.5) is 10.1 Å². The Bertz CT molecular complexity index is 956. The topological polar surface area (TPSA) is 42.0 Å². The van der Waals surface area contributed by atoms with Crippen LogP contribution in [0.15, 0.2) is 54.7 Å². The molecule has 1 heterocycles. The van der Waals surface area contributed by atoms with Gasteiger partial charge in [0.25, 0.3) is 5.91 Å². The van der Waals surface area contributed by atoms with Gasteiger partial charge in [0.2, 0.25) is 0 Å². The van der Waals surface area contributed by atoms with Crippen molar-refractivity contribution in [3.63, 3.8) is 0 Å². The third-order valence-electron chi connectivity index (χ3n) is 3.88. The van der Waals surface area contributed by atoms with Gasteiger partial charge in [0.1, 0.15) is 5.82 Å². The zero-order valence-corrected chi connectivity index (χ0v) is 14.6. The lowest BCUT2D eigenvalue weighted by Crippen LogP contribution is -2.14. The van der Waals surface area contributed by atoms with Crippen molar-refractivity contribution in [2.45, 2.75) is 13.8 Å². The number of carbonyl (C=O) groups excluding carboxylic acids is 1. The number of rotatable bonds is 3. The Balaban J connectivity index is 1.88. The second-order valence-electron chi connectivity index (χ2n) is 5.80. The molecule has 0 saturated heterocycles. The predicted octanol–water partition coefficient (Wildman–Crippen LogP) is 5.41. The summed E-state index contributed by atoms with van der Waals surface area (Å²) in [5.41, 5.74) is 3.64. The van der Waals surface area contributed by atoms with E-state index in [2.05, 4.69) is 10.3 Å². The molecule has 0 aliphatic heterocycles. The van der Waals surface area contributed by atoms with Gasteiger partial charge in [0.05, 0.1) is 16.3 Å². The van der Waals surface area contributed by atoms with Crippen LogP contribution in [0.3, 0.4) is 0 Å². The molecule has 0 fully saturated rings. The number of nitrogens with one attached hydrogen (secondary N) is 1. The Morgan fingerprint density at radius 2 is 1.92 bits per heavy atom. The summed E-state index contributed by atoms with van der Waals surface area (Å²) in [5.74, 6) is -1.12. The lowest BCUT2D eigenvalue weighted by atomic mass is 10.1. The lowest BCUT2D eigenvalue weighted by Gasteiger charge is -2.11. The molecule has 3 nitrogen and oxygen atoms in total. The molecule has 126 valence electrons. The van der Waals surface area contributed by atoms with Crippen LogP contribution in [-0.4, -0.2) is 10.9 Å². The van der Waals surface area contributed by atoms with E-state index in [0.29, 0.717) is 22.0 Å². The van der Waals surface area contributed by atoms with Gasteiger partial charge >= 0.3 is 0 Å². The van der Waals surface area contributed by atoms with Gasteiger partial charge in [-0.25, -0.2) is 4.39 Å². The van der Waals surface area contributed by atoms with Gasteiger partial charge in [-0.2, -0.15) is 0 Å². The van der Waals surface area contributed by atoms with Crippen molar-refractivity contribution in [3.8, 4) is 11.3 Å². The molecule has 3 rings (SSSR count). The van der Waals surface area contributed by atoms with Gasteiger partial charge in [-0.15, -0.1) is 0 Å². The van der Waals surface area contributed by atoms with Crippen LogP contribution in [0.2, 0.25) is 5.02 Å². The fraction of sp³-hybridized carbons (Fsp3) is 0.100. The molecule has 1 amide bonds. The van der Waals surface area contributed by atoms with E-state index in [-0.39, 0.29) is 5.56 Å². The van der Waals surface area contributed by atoms with E-state index >= 15 is 0 Å². The number of nitrogens with zero attached hydrogens (tertiary/aromatic N) is 1. The molecule has 0 radical (unpaired) electrons. The molecule has 5 heteroatoms. The van der Waals surface area contributed by atoms with Crippen LogP contribution in [0.25, 0.3) is 11.3 Å². The number of anilines is 1. The van der Waals surface area contributed by atoms with Crippen molar-refractivity contribution < 1.29 is 9.18 Å². The number of aryl methyl sites for hydroxylation is 2. The van der Waals surface area contributed by atoms with Crippen LogP contribution in [0.1, 0.15) is 21.5 Å². The molecule has 1 N–H and O–H groups in total. The molecular formula is C20H16ClFN2O. The normalized spacial score (nSPS) is 10.6. The molecule has 0 saturated carbocycles. The fourth-order valence-electron chi connectivity index (χ4n) is 2.59. The average molecular weight is 355 g/mol. The quantitative estimate of drug-likeness (QED) is 0.683. The molecule has 0 atom stereocenters. The smallest absolute Gasteiger partial charge is 0.258 e. The minimum absolute atomic E-state index is 0.0317. The summed E-state index contributed by atoms with van der Waals surface area (Å²) in [7, 11) is 0. The van der Waals surface area contributed by atoms with Gasteiger partial charge in [0.15, 0.2) is 0 Å². The first-order valence-corrected chi connectivity index (χ1v) is 8.12. The molecule has 0 bridgehead atoms. The Morgan fingerprint density at radius 1 is 1.12 bits per heavy atom. The van der Waals surface area contributed by atoms with Crippen LogP contribution in [0.5, 0.6) is 0 Å². The average Bonchev–Trinajstić information content (AvgIpc) is 2.57. The SMILES string of the molecule is Cc1ccc(NC(=O)c2ccc(-c3ncccc3Cl)cc2F)c(C)c1. The first-order valence-electron chi connectivity index (χ1n) is 7.75. The van der Waals surface area contributed by atoms with E-state index in [0.717, 1.165) is 11.1 Å². The van der Waals surface area contributed by atoms with Crippen molar-refractivity contribution >= 4 is 23.2 Å². The summed E-state index contributed by atoms with van der Waals surface area (Å²) in [6, 6.07) is 13.4. The highest BCUT2D eigenvalue weighted by molar-refractivity contribution is 6.33. The largest absolute Gasteiger partial charge is 0.322 e. The van der Waals surface area contributed by atoms with Crippen LogP contribution < -0.4 is 5.32 Å². The highest BCUT2D eigenvalue weighted by Gasteiger charge is 2.15. The minimum atomic E-state index is -0.624. The number of hydrogen-bond acceptors (Lipinski definition) is 2. The maximum atomic E-state index is 14.5. The van der Waals surface area contributed by atoms with Crippen molar-refractivity contribution in [2.75, 3.05) is 5.32 Å². The Kier molecular flexibility index (Phi) is 4.81. The summed E-state index contributed by atoms with van der Waals surface area (Å²) >= 11 is 6.09. The molecule has 3 aromatic rings. The highest BCUT2D eigenvalue weighted by atomic mass is 35.5. The predicted molar refractivity (Wildman–Crippen MR) is 98.5 cm³/mol. The first kappa shape index (κ1) is 17.1. The van der Waals surface area contributed by atoms with Crippen LogP contribution >= 0.6 is 11.6 Å². The monoisotopic (exact) mass is 354 g/mol. The number of benzene rings is 2. The lowest BCUT2D eigenvalue weighted by molar-refractivity contribution is 0.102. The van der Waals surface area contributed by atoms with E-state index < -0.39 is 11.7 Å². The second kappa shape index (κ2) is 7.03. The maximum absolute atomic E-state index is 14.5. The van der Waals surface area contributed by atoms with Crippen LogP contribution in [-0.2, 0) is 0 Å². The minimum Gasteiger partial charge on any atom is -0.322 e. The van der Waals surface area contributed by atoms with E-state index in [9.17, 15) is 9.18 Å². The summed E-state index contributed by atoms with van der Waals surface area (Å²) in [6.45, 7) is 3.87. The van der Waals surface area contributed by atoms with Crippen molar-refractivity contribution in [1.29, 1.82) is 0 Å². The summed E-state index contributed by atoms with van der Waals surface area (Å²) < 4.78 is 14.5. The van der Waals surface area contributed by atoms with Gasteiger partial charge in [-0.05, 0) is 49.7 Å². The third-order valence-corrected chi connectivity index (χ3v) is 4.18. The molecule has 0 unspecified atom stereocenters. The number of carbonyl (C=O) groups is 1. The number of aromatic nitrogens is 1. The Labute approximate surface area is 150 Å². The van der Waals surface area contributed by atoms with Gasteiger partial charge in [0, 0.05) is 17.4 Å². The first-order chi connectivity index (χ1) is 12.0. The molecule has 2 aromatic carbocycles. The number of hydrogen-bond donors (Lipinski definition) is 1. The standard InChI is InChI=1S/C20H16ClFN2O/c1-12-5-8-18(13(2)10-12)24-20(25)15-7-6-14(11-17(15)22)19-16(21)4-3-9-23-19/h3-11H,1-2H3,(H,24,25). The van der Waals surface area contributed by atoms with Crippen molar-refractivity contribution in [3.05, 3.63) is 82.3 Å². The molecule has 0 aliphatic rings. The van der Waals surface area contributed by atoms with Gasteiger partial charge < -0.3 is 5.32 Å². The number of pyridine rings is 1. The maximum Gasteiger partial charge on any atom is 0.258 e. The number of halogens is 2. The van der Waals surface area contributed by atoms with Gasteiger partial charge in [-0.1, -0.05) is 35.4 Å². The molecule has 1 aromatic heterocycles. The zero-order chi connectivity index (χ0) is 18.0. The molecule has 25 heavy (non-hydrogen) atoms. The third kappa shape index (κ3) is 3.69. The van der Waals surface area contributed by atoms with E-state index in [4.69, 9.17) is 11.6 Å². The van der Waals surface area contributed by atoms with Crippen molar-refractivity contribution in [2.24, 2.45) is 0 Å². The van der Waals surface area contributed by atoms with Gasteiger partial charge in [-0.3, -0.25) is 9.78 Å². The van der Waals surface area contributed by atoms with Crippen molar-refractivity contribution in [1.82, 2.24) is 4.98 Å². The van der Waals surface area contributed by atoms with Crippen LogP contribution in [0, 0.1) is 19.7 Å². The number of amides is 1. The Morgan fingerprint density at radius 3 is 2.60 bits per heavy atom.